The normalized spacial score (nSPS) is 37.5. The molecule has 0 aromatic carbocycles. The van der Waals surface area contributed by atoms with Crippen LogP contribution in [-0.4, -0.2) is 48.1 Å². The van der Waals surface area contributed by atoms with E-state index in [2.05, 4.69) is 35.8 Å². The van der Waals surface area contributed by atoms with Gasteiger partial charge in [0.25, 0.3) is 0 Å². The van der Waals surface area contributed by atoms with Crippen molar-refractivity contribution in [1.29, 1.82) is 0 Å². The third-order valence-corrected chi connectivity index (χ3v) is 5.29. The van der Waals surface area contributed by atoms with Crippen molar-refractivity contribution < 1.29 is 0 Å². The summed E-state index contributed by atoms with van der Waals surface area (Å²) >= 11 is 2.17. The van der Waals surface area contributed by atoms with E-state index in [0.717, 1.165) is 17.2 Å². The summed E-state index contributed by atoms with van der Waals surface area (Å²) in [4.78, 5) is 2.68. The molecule has 0 saturated carbocycles. The molecule has 16 heavy (non-hydrogen) atoms. The fraction of sp³-hybridized carbons (Fsp3) is 1.00. The average molecular weight is 242 g/mol. The Labute approximate surface area is 105 Å². The Morgan fingerprint density at radius 2 is 2.31 bits per heavy atom. The van der Waals surface area contributed by atoms with Crippen LogP contribution in [0.1, 0.15) is 33.1 Å². The third-order valence-electron chi connectivity index (χ3n) is 3.91. The highest BCUT2D eigenvalue weighted by atomic mass is 32.2. The Bertz CT molecular complexity index is 210. The molecule has 0 spiro atoms. The summed E-state index contributed by atoms with van der Waals surface area (Å²) in [5, 5.41) is 4.57. The first-order valence-corrected chi connectivity index (χ1v) is 7.90. The van der Waals surface area contributed by atoms with Crippen molar-refractivity contribution in [3.8, 4) is 0 Å². The van der Waals surface area contributed by atoms with Gasteiger partial charge in [-0.2, -0.15) is 11.8 Å². The van der Waals surface area contributed by atoms with Gasteiger partial charge in [-0.25, -0.2) is 0 Å². The van der Waals surface area contributed by atoms with Crippen LogP contribution in [0.4, 0.5) is 0 Å². The van der Waals surface area contributed by atoms with Crippen molar-refractivity contribution >= 4 is 11.8 Å². The lowest BCUT2D eigenvalue weighted by molar-refractivity contribution is 0.210. The van der Waals surface area contributed by atoms with E-state index in [-0.39, 0.29) is 0 Å². The summed E-state index contributed by atoms with van der Waals surface area (Å²) in [5.41, 5.74) is 0. The number of hydrogen-bond acceptors (Lipinski definition) is 3. The summed E-state index contributed by atoms with van der Waals surface area (Å²) in [5.74, 6) is 2.26. The molecule has 3 atom stereocenters. The van der Waals surface area contributed by atoms with Crippen LogP contribution in [0.2, 0.25) is 0 Å². The molecule has 0 aromatic rings. The van der Waals surface area contributed by atoms with Crippen molar-refractivity contribution in [3.63, 3.8) is 0 Å². The molecular weight excluding hydrogens is 216 g/mol. The summed E-state index contributed by atoms with van der Waals surface area (Å²) in [6.45, 7) is 9.84. The first kappa shape index (κ1) is 12.7. The van der Waals surface area contributed by atoms with Crippen LogP contribution < -0.4 is 5.32 Å². The number of nitrogens with one attached hydrogen (secondary N) is 1. The van der Waals surface area contributed by atoms with E-state index in [1.54, 1.807) is 0 Å². The number of hydrogen-bond donors (Lipinski definition) is 1. The number of thioether (sulfide) groups is 1. The predicted molar refractivity (Wildman–Crippen MR) is 73.2 cm³/mol. The largest absolute Gasteiger partial charge is 0.313 e. The van der Waals surface area contributed by atoms with Gasteiger partial charge in [-0.1, -0.05) is 13.8 Å². The molecule has 2 aliphatic heterocycles. The van der Waals surface area contributed by atoms with Crippen LogP contribution in [0.5, 0.6) is 0 Å². The highest BCUT2D eigenvalue weighted by Gasteiger charge is 2.24. The summed E-state index contributed by atoms with van der Waals surface area (Å²) in [6, 6.07) is 0.754. The van der Waals surface area contributed by atoms with Crippen LogP contribution in [0.25, 0.3) is 0 Å². The highest BCUT2D eigenvalue weighted by molar-refractivity contribution is 8.00. The van der Waals surface area contributed by atoms with Gasteiger partial charge < -0.3 is 5.32 Å². The Hall–Kier alpha value is 0.270. The predicted octanol–water partition coefficient (Wildman–Crippen LogP) is 2.20. The molecule has 2 saturated heterocycles. The topological polar surface area (TPSA) is 15.3 Å². The first-order valence-electron chi connectivity index (χ1n) is 6.85. The van der Waals surface area contributed by atoms with Crippen molar-refractivity contribution in [1.82, 2.24) is 10.2 Å². The molecule has 0 radical (unpaired) electrons. The van der Waals surface area contributed by atoms with Crippen molar-refractivity contribution in [2.75, 3.05) is 31.9 Å². The van der Waals surface area contributed by atoms with Gasteiger partial charge in [0, 0.05) is 36.7 Å². The number of piperidine rings is 1. The molecule has 2 rings (SSSR count). The molecule has 3 heteroatoms. The summed E-state index contributed by atoms with van der Waals surface area (Å²) < 4.78 is 0. The fourth-order valence-corrected chi connectivity index (χ4v) is 4.11. The molecule has 3 unspecified atom stereocenters. The molecule has 0 bridgehead atoms. The van der Waals surface area contributed by atoms with Crippen molar-refractivity contribution in [2.45, 2.75) is 44.4 Å². The van der Waals surface area contributed by atoms with Gasteiger partial charge in [0.05, 0.1) is 0 Å². The second-order valence-corrected chi connectivity index (χ2v) is 6.85. The van der Waals surface area contributed by atoms with Crippen LogP contribution in [0, 0.1) is 5.92 Å². The molecule has 0 aliphatic carbocycles. The second kappa shape index (κ2) is 6.27. The summed E-state index contributed by atoms with van der Waals surface area (Å²) in [6.07, 6.45) is 4.07. The standard InChI is InChI=1S/C13H26N2S/c1-3-13-10-15(6-7-16-13)9-12-8-11(2)4-5-14-12/h11-14H,3-10H2,1-2H3. The van der Waals surface area contributed by atoms with Crippen molar-refractivity contribution in [2.24, 2.45) is 5.92 Å². The molecular formula is C13H26N2S. The van der Waals surface area contributed by atoms with Crippen molar-refractivity contribution in [3.05, 3.63) is 0 Å². The monoisotopic (exact) mass is 242 g/mol. The van der Waals surface area contributed by atoms with E-state index in [0.29, 0.717) is 0 Å². The van der Waals surface area contributed by atoms with Gasteiger partial charge in [-0.05, 0) is 31.7 Å². The number of nitrogens with zero attached hydrogens (tertiary/aromatic N) is 1. The lowest BCUT2D eigenvalue weighted by Crippen LogP contribution is -2.48. The van der Waals surface area contributed by atoms with Gasteiger partial charge in [0.15, 0.2) is 0 Å². The third kappa shape index (κ3) is 3.64. The molecule has 2 nitrogen and oxygen atoms in total. The van der Waals surface area contributed by atoms with Gasteiger partial charge in [0.2, 0.25) is 0 Å². The zero-order chi connectivity index (χ0) is 11.4. The molecule has 1 N–H and O–H groups in total. The Kier molecular flexibility index (Phi) is 4.98. The van der Waals surface area contributed by atoms with E-state index in [1.165, 1.54) is 51.2 Å². The lowest BCUT2D eigenvalue weighted by atomic mass is 9.94. The fourth-order valence-electron chi connectivity index (χ4n) is 2.86. The molecule has 2 aliphatic rings. The van der Waals surface area contributed by atoms with E-state index in [4.69, 9.17) is 0 Å². The Morgan fingerprint density at radius 1 is 1.44 bits per heavy atom. The summed E-state index contributed by atoms with van der Waals surface area (Å²) in [7, 11) is 0. The van der Waals surface area contributed by atoms with Gasteiger partial charge in [0.1, 0.15) is 0 Å². The van der Waals surface area contributed by atoms with Crippen LogP contribution in [0.15, 0.2) is 0 Å². The minimum atomic E-state index is 0.754. The quantitative estimate of drug-likeness (QED) is 0.817. The maximum absolute atomic E-state index is 3.68. The van der Waals surface area contributed by atoms with Crippen LogP contribution in [0.3, 0.4) is 0 Å². The van der Waals surface area contributed by atoms with Gasteiger partial charge in [-0.3, -0.25) is 4.90 Å². The SMILES string of the molecule is CCC1CN(CC2CC(C)CCN2)CCS1. The Morgan fingerprint density at radius 3 is 3.06 bits per heavy atom. The zero-order valence-electron chi connectivity index (χ0n) is 10.7. The van der Waals surface area contributed by atoms with Gasteiger partial charge in [-0.15, -0.1) is 0 Å². The smallest absolute Gasteiger partial charge is 0.0197 e. The molecule has 2 fully saturated rings. The average Bonchev–Trinajstić information content (AvgIpc) is 2.29. The van der Waals surface area contributed by atoms with E-state index >= 15 is 0 Å². The van der Waals surface area contributed by atoms with Crippen LogP contribution in [-0.2, 0) is 0 Å². The molecule has 94 valence electrons. The lowest BCUT2D eigenvalue weighted by Gasteiger charge is -2.37. The maximum Gasteiger partial charge on any atom is 0.0197 e. The second-order valence-electron chi connectivity index (χ2n) is 5.44. The first-order chi connectivity index (χ1) is 7.78. The maximum atomic E-state index is 3.68. The number of rotatable bonds is 3. The van der Waals surface area contributed by atoms with E-state index in [1.807, 2.05) is 0 Å². The minimum absolute atomic E-state index is 0.754. The Balaban J connectivity index is 1.75. The van der Waals surface area contributed by atoms with E-state index < -0.39 is 0 Å². The molecule has 0 amide bonds. The highest BCUT2D eigenvalue weighted by Crippen LogP contribution is 2.22. The zero-order valence-corrected chi connectivity index (χ0v) is 11.6. The molecule has 2 heterocycles. The van der Waals surface area contributed by atoms with Gasteiger partial charge >= 0.3 is 0 Å². The minimum Gasteiger partial charge on any atom is -0.313 e. The van der Waals surface area contributed by atoms with Crippen LogP contribution >= 0.6 is 11.8 Å². The van der Waals surface area contributed by atoms with E-state index in [9.17, 15) is 0 Å². The molecule has 0 aromatic heterocycles.